The highest BCUT2D eigenvalue weighted by Gasteiger charge is 2.21. The highest BCUT2D eigenvalue weighted by atomic mass is 79.9. The van der Waals surface area contributed by atoms with Gasteiger partial charge in [0.05, 0.1) is 6.61 Å². The summed E-state index contributed by atoms with van der Waals surface area (Å²) in [5.74, 6) is 0. The van der Waals surface area contributed by atoms with Crippen molar-refractivity contribution in [1.29, 1.82) is 0 Å². The molecule has 17 heavy (non-hydrogen) atoms. The van der Waals surface area contributed by atoms with Crippen molar-refractivity contribution in [3.8, 4) is 0 Å². The molecule has 0 spiro atoms. The molecular formula is C13H19BrN2O. The number of likely N-dealkylation sites (N-methyl/N-ethyl adjacent to an activating group) is 1. The van der Waals surface area contributed by atoms with Crippen LogP contribution in [-0.2, 0) is 6.61 Å². The van der Waals surface area contributed by atoms with Crippen molar-refractivity contribution < 1.29 is 5.11 Å². The Morgan fingerprint density at radius 1 is 1.41 bits per heavy atom. The molecule has 3 nitrogen and oxygen atoms in total. The lowest BCUT2D eigenvalue weighted by molar-refractivity contribution is 0.275. The first-order valence-electron chi connectivity index (χ1n) is 5.96. The first kappa shape index (κ1) is 12.9. The van der Waals surface area contributed by atoms with Crippen LogP contribution in [0.3, 0.4) is 0 Å². The fraction of sp³-hybridized carbons (Fsp3) is 0.538. The number of benzene rings is 1. The molecule has 1 aromatic carbocycles. The lowest BCUT2D eigenvalue weighted by Crippen LogP contribution is -2.50. The molecular weight excluding hydrogens is 280 g/mol. The maximum absolute atomic E-state index is 9.16. The van der Waals surface area contributed by atoms with Gasteiger partial charge in [0, 0.05) is 35.8 Å². The van der Waals surface area contributed by atoms with Gasteiger partial charge in [0.2, 0.25) is 0 Å². The SMILES string of the molecule is CC1CN(C)CCN1c1ccc(CO)c(Br)c1. The van der Waals surface area contributed by atoms with E-state index in [2.05, 4.69) is 51.8 Å². The van der Waals surface area contributed by atoms with Crippen molar-refractivity contribution in [2.75, 3.05) is 31.6 Å². The van der Waals surface area contributed by atoms with E-state index in [9.17, 15) is 0 Å². The first-order valence-corrected chi connectivity index (χ1v) is 6.75. The van der Waals surface area contributed by atoms with Crippen molar-refractivity contribution in [3.05, 3.63) is 28.2 Å². The van der Waals surface area contributed by atoms with Crippen LogP contribution in [0.1, 0.15) is 12.5 Å². The summed E-state index contributed by atoms with van der Waals surface area (Å²) in [5, 5.41) is 9.16. The summed E-state index contributed by atoms with van der Waals surface area (Å²) in [6.07, 6.45) is 0. The van der Waals surface area contributed by atoms with Crippen LogP contribution in [0.15, 0.2) is 22.7 Å². The van der Waals surface area contributed by atoms with Gasteiger partial charge in [-0.2, -0.15) is 0 Å². The van der Waals surface area contributed by atoms with Crippen molar-refractivity contribution in [2.24, 2.45) is 0 Å². The highest BCUT2D eigenvalue weighted by molar-refractivity contribution is 9.10. The number of halogens is 1. The Bertz CT molecular complexity index is 397. The molecule has 0 radical (unpaired) electrons. The zero-order valence-electron chi connectivity index (χ0n) is 10.4. The van der Waals surface area contributed by atoms with Gasteiger partial charge in [-0.05, 0) is 31.7 Å². The smallest absolute Gasteiger partial charge is 0.0692 e. The van der Waals surface area contributed by atoms with Gasteiger partial charge in [0.1, 0.15) is 0 Å². The summed E-state index contributed by atoms with van der Waals surface area (Å²) < 4.78 is 0.989. The summed E-state index contributed by atoms with van der Waals surface area (Å²) in [6.45, 7) is 5.59. The van der Waals surface area contributed by atoms with Crippen molar-refractivity contribution in [2.45, 2.75) is 19.6 Å². The van der Waals surface area contributed by atoms with Gasteiger partial charge in [-0.3, -0.25) is 0 Å². The van der Waals surface area contributed by atoms with Crippen LogP contribution in [0.25, 0.3) is 0 Å². The van der Waals surface area contributed by atoms with Crippen molar-refractivity contribution in [3.63, 3.8) is 0 Å². The van der Waals surface area contributed by atoms with Crippen LogP contribution in [0, 0.1) is 0 Å². The number of piperazine rings is 1. The average molecular weight is 299 g/mol. The summed E-state index contributed by atoms with van der Waals surface area (Å²) >= 11 is 3.51. The van der Waals surface area contributed by atoms with E-state index in [1.54, 1.807) is 0 Å². The minimum atomic E-state index is 0.0825. The summed E-state index contributed by atoms with van der Waals surface area (Å²) in [4.78, 5) is 4.78. The molecule has 2 rings (SSSR count). The number of nitrogens with zero attached hydrogens (tertiary/aromatic N) is 2. The fourth-order valence-electron chi connectivity index (χ4n) is 2.37. The largest absolute Gasteiger partial charge is 0.392 e. The van der Waals surface area contributed by atoms with E-state index in [-0.39, 0.29) is 6.61 Å². The zero-order chi connectivity index (χ0) is 12.4. The third-order valence-corrected chi connectivity index (χ3v) is 4.11. The van der Waals surface area contributed by atoms with Crippen molar-refractivity contribution >= 4 is 21.6 Å². The topological polar surface area (TPSA) is 26.7 Å². The molecule has 0 bridgehead atoms. The average Bonchev–Trinajstić information content (AvgIpc) is 2.29. The zero-order valence-corrected chi connectivity index (χ0v) is 11.9. The lowest BCUT2D eigenvalue weighted by Gasteiger charge is -2.40. The molecule has 1 aliphatic heterocycles. The molecule has 1 atom stereocenters. The molecule has 0 saturated carbocycles. The Hall–Kier alpha value is -0.580. The highest BCUT2D eigenvalue weighted by Crippen LogP contribution is 2.26. The van der Waals surface area contributed by atoms with E-state index in [1.807, 2.05) is 6.07 Å². The number of rotatable bonds is 2. The van der Waals surface area contributed by atoms with Crippen molar-refractivity contribution in [1.82, 2.24) is 4.90 Å². The minimum absolute atomic E-state index is 0.0825. The van der Waals surface area contributed by atoms with E-state index < -0.39 is 0 Å². The third-order valence-electron chi connectivity index (χ3n) is 3.37. The van der Waals surface area contributed by atoms with E-state index in [1.165, 1.54) is 5.69 Å². The summed E-state index contributed by atoms with van der Waals surface area (Å²) in [5.41, 5.74) is 2.17. The van der Waals surface area contributed by atoms with Crippen LogP contribution >= 0.6 is 15.9 Å². The van der Waals surface area contributed by atoms with E-state index in [0.717, 1.165) is 29.7 Å². The van der Waals surface area contributed by atoms with E-state index in [0.29, 0.717) is 6.04 Å². The van der Waals surface area contributed by atoms with Gasteiger partial charge in [-0.15, -0.1) is 0 Å². The van der Waals surface area contributed by atoms with E-state index in [4.69, 9.17) is 5.11 Å². The lowest BCUT2D eigenvalue weighted by atomic mass is 10.1. The standard InChI is InChI=1S/C13H19BrN2O/c1-10-8-15(2)5-6-16(10)12-4-3-11(9-17)13(14)7-12/h3-4,7,10,17H,5-6,8-9H2,1-2H3. The van der Waals surface area contributed by atoms with Crippen LogP contribution in [-0.4, -0.2) is 42.7 Å². The molecule has 1 fully saturated rings. The molecule has 1 aliphatic rings. The first-order chi connectivity index (χ1) is 8.11. The van der Waals surface area contributed by atoms with Gasteiger partial charge in [-0.1, -0.05) is 22.0 Å². The van der Waals surface area contributed by atoms with Crippen LogP contribution in [0.4, 0.5) is 5.69 Å². The van der Waals surface area contributed by atoms with Crippen LogP contribution in [0.5, 0.6) is 0 Å². The Morgan fingerprint density at radius 2 is 2.18 bits per heavy atom. The molecule has 0 aliphatic carbocycles. The second kappa shape index (κ2) is 5.38. The van der Waals surface area contributed by atoms with Gasteiger partial charge in [0.15, 0.2) is 0 Å². The van der Waals surface area contributed by atoms with Gasteiger partial charge in [0.25, 0.3) is 0 Å². The van der Waals surface area contributed by atoms with Gasteiger partial charge < -0.3 is 14.9 Å². The van der Waals surface area contributed by atoms with E-state index >= 15 is 0 Å². The van der Waals surface area contributed by atoms with Gasteiger partial charge in [-0.25, -0.2) is 0 Å². The van der Waals surface area contributed by atoms with Gasteiger partial charge >= 0.3 is 0 Å². The molecule has 4 heteroatoms. The second-order valence-corrected chi connectivity index (χ2v) is 5.59. The quantitative estimate of drug-likeness (QED) is 0.906. The molecule has 1 N–H and O–H groups in total. The molecule has 1 saturated heterocycles. The number of anilines is 1. The number of aliphatic hydroxyl groups is 1. The fourth-order valence-corrected chi connectivity index (χ4v) is 2.86. The second-order valence-electron chi connectivity index (χ2n) is 4.74. The maximum atomic E-state index is 9.16. The Balaban J connectivity index is 2.19. The maximum Gasteiger partial charge on any atom is 0.0692 e. The van der Waals surface area contributed by atoms with Crippen LogP contribution < -0.4 is 4.90 Å². The molecule has 1 aromatic rings. The normalized spacial score (nSPS) is 21.9. The predicted molar refractivity (Wildman–Crippen MR) is 74.4 cm³/mol. The monoisotopic (exact) mass is 298 g/mol. The predicted octanol–water partition coefficient (Wildman–Crippen LogP) is 2.08. The Labute approximate surface area is 111 Å². The summed E-state index contributed by atoms with van der Waals surface area (Å²) in [6, 6.07) is 6.72. The molecule has 0 amide bonds. The third kappa shape index (κ3) is 2.81. The Kier molecular flexibility index (Phi) is 4.07. The Morgan fingerprint density at radius 3 is 2.76 bits per heavy atom. The number of hydrogen-bond donors (Lipinski definition) is 1. The minimum Gasteiger partial charge on any atom is -0.392 e. The number of aliphatic hydroxyl groups excluding tert-OH is 1. The molecule has 1 heterocycles. The number of hydrogen-bond acceptors (Lipinski definition) is 3. The molecule has 1 unspecified atom stereocenters. The molecule has 94 valence electrons. The van der Waals surface area contributed by atoms with Crippen LogP contribution in [0.2, 0.25) is 0 Å². The molecule has 0 aromatic heterocycles. The summed E-state index contributed by atoms with van der Waals surface area (Å²) in [7, 11) is 2.17.